The maximum Gasteiger partial charge on any atom is 0.254 e. The first-order valence-corrected chi connectivity index (χ1v) is 13.3. The van der Waals surface area contributed by atoms with Crippen LogP contribution in [-0.4, -0.2) is 86.5 Å². The normalized spacial score (nSPS) is 15.3. The second-order valence-corrected chi connectivity index (χ2v) is 9.59. The third-order valence-corrected chi connectivity index (χ3v) is 6.97. The lowest BCUT2D eigenvalue weighted by atomic mass is 10.1. The van der Waals surface area contributed by atoms with Crippen LogP contribution in [0.4, 0.5) is 17.6 Å². The van der Waals surface area contributed by atoms with E-state index in [2.05, 4.69) is 10.2 Å². The van der Waals surface area contributed by atoms with Crippen LogP contribution in [0.5, 0.6) is 17.2 Å². The molecule has 11 nitrogen and oxygen atoms in total. The number of benzene rings is 2. The number of ether oxygens (including phenoxy) is 4. The van der Waals surface area contributed by atoms with E-state index in [-0.39, 0.29) is 5.91 Å². The molecule has 40 heavy (non-hydrogen) atoms. The minimum atomic E-state index is -0.0404. The summed E-state index contributed by atoms with van der Waals surface area (Å²) < 4.78 is 21.9. The van der Waals surface area contributed by atoms with Crippen LogP contribution in [-0.2, 0) is 4.74 Å². The molecule has 5 rings (SSSR count). The van der Waals surface area contributed by atoms with E-state index in [4.69, 9.17) is 45.5 Å². The Morgan fingerprint density at radius 2 is 1.65 bits per heavy atom. The van der Waals surface area contributed by atoms with Gasteiger partial charge < -0.3 is 34.1 Å². The van der Waals surface area contributed by atoms with E-state index < -0.39 is 0 Å². The first kappa shape index (κ1) is 27.5. The van der Waals surface area contributed by atoms with E-state index in [9.17, 15) is 4.79 Å². The standard InChI is InChI=1S/C28H31ClN6O5/c1-37-22-16-21(17-23(38-2)24(22)39-3)30-27-31-25(32-28(33-27)35-12-14-40-15-13-35)18-8-10-34(11-9-18)26(36)19-4-6-20(29)7-5-19/h4-8,16-17H,9-15H2,1-3H3,(H,30,31,32,33). The molecule has 1 fully saturated rings. The summed E-state index contributed by atoms with van der Waals surface area (Å²) in [7, 11) is 4.69. The lowest BCUT2D eigenvalue weighted by Gasteiger charge is -2.28. The largest absolute Gasteiger partial charge is 0.493 e. The monoisotopic (exact) mass is 566 g/mol. The summed E-state index contributed by atoms with van der Waals surface area (Å²) in [5, 5.41) is 3.87. The fourth-order valence-electron chi connectivity index (χ4n) is 4.58. The lowest BCUT2D eigenvalue weighted by molar-refractivity contribution is 0.0772. The van der Waals surface area contributed by atoms with Crippen molar-refractivity contribution in [3.05, 3.63) is 58.9 Å². The van der Waals surface area contributed by atoms with Gasteiger partial charge in [0.1, 0.15) is 0 Å². The minimum absolute atomic E-state index is 0.0404. The molecule has 0 spiro atoms. The molecule has 2 aromatic carbocycles. The first-order valence-electron chi connectivity index (χ1n) is 12.9. The van der Waals surface area contributed by atoms with Crippen LogP contribution in [0, 0.1) is 0 Å². The molecule has 0 bridgehead atoms. The van der Waals surface area contributed by atoms with Crippen molar-refractivity contribution in [2.24, 2.45) is 0 Å². The van der Waals surface area contributed by atoms with E-state index >= 15 is 0 Å². The molecule has 1 saturated heterocycles. The number of morpholine rings is 1. The first-order chi connectivity index (χ1) is 19.5. The Bertz CT molecular complexity index is 1370. The number of hydrogen-bond acceptors (Lipinski definition) is 10. The molecule has 1 N–H and O–H groups in total. The summed E-state index contributed by atoms with van der Waals surface area (Å²) in [5.41, 5.74) is 2.22. The highest BCUT2D eigenvalue weighted by atomic mass is 35.5. The molecule has 12 heteroatoms. The molecular formula is C28H31ClN6O5. The maximum atomic E-state index is 13.0. The lowest BCUT2D eigenvalue weighted by Crippen LogP contribution is -2.38. The molecule has 210 valence electrons. The topological polar surface area (TPSA) is 111 Å². The van der Waals surface area contributed by atoms with Gasteiger partial charge in [0, 0.05) is 54.6 Å². The molecule has 1 amide bonds. The fraction of sp³-hybridized carbons (Fsp3) is 0.357. The van der Waals surface area contributed by atoms with Gasteiger partial charge in [0.05, 0.1) is 34.5 Å². The number of nitrogens with one attached hydrogen (secondary N) is 1. The summed E-state index contributed by atoms with van der Waals surface area (Å²) in [6.07, 6.45) is 2.61. The van der Waals surface area contributed by atoms with Crippen LogP contribution >= 0.6 is 11.6 Å². The summed E-state index contributed by atoms with van der Waals surface area (Å²) in [4.78, 5) is 31.1. The quantitative estimate of drug-likeness (QED) is 0.428. The van der Waals surface area contributed by atoms with Gasteiger partial charge >= 0.3 is 0 Å². The molecule has 0 unspecified atom stereocenters. The number of nitrogens with zero attached hydrogens (tertiary/aromatic N) is 5. The summed E-state index contributed by atoms with van der Waals surface area (Å²) >= 11 is 5.98. The van der Waals surface area contributed by atoms with Crippen LogP contribution in [0.2, 0.25) is 5.02 Å². The van der Waals surface area contributed by atoms with Crippen LogP contribution in [0.25, 0.3) is 5.57 Å². The van der Waals surface area contributed by atoms with Crippen LogP contribution in [0.15, 0.2) is 42.5 Å². The van der Waals surface area contributed by atoms with Gasteiger partial charge in [-0.25, -0.2) is 0 Å². The Balaban J connectivity index is 1.43. The molecule has 1 aromatic heterocycles. The van der Waals surface area contributed by atoms with Crippen LogP contribution in [0.1, 0.15) is 22.6 Å². The smallest absolute Gasteiger partial charge is 0.254 e. The van der Waals surface area contributed by atoms with Crippen molar-refractivity contribution in [2.45, 2.75) is 6.42 Å². The Morgan fingerprint density at radius 1 is 0.950 bits per heavy atom. The van der Waals surface area contributed by atoms with E-state index in [1.165, 1.54) is 0 Å². The molecule has 3 heterocycles. The zero-order valence-corrected chi connectivity index (χ0v) is 23.4. The molecule has 0 aliphatic carbocycles. The zero-order chi connectivity index (χ0) is 28.1. The average molecular weight is 567 g/mol. The molecule has 0 saturated carbocycles. The van der Waals surface area contributed by atoms with Crippen LogP contribution < -0.4 is 24.4 Å². The van der Waals surface area contributed by atoms with E-state index in [0.717, 1.165) is 5.57 Å². The predicted molar refractivity (Wildman–Crippen MR) is 152 cm³/mol. The second-order valence-electron chi connectivity index (χ2n) is 9.16. The van der Waals surface area contributed by atoms with Gasteiger partial charge in [0.2, 0.25) is 17.6 Å². The Hall–Kier alpha value is -4.09. The highest BCUT2D eigenvalue weighted by Gasteiger charge is 2.23. The van der Waals surface area contributed by atoms with Crippen LogP contribution in [0.3, 0.4) is 0 Å². The van der Waals surface area contributed by atoms with Crippen molar-refractivity contribution < 1.29 is 23.7 Å². The summed E-state index contributed by atoms with van der Waals surface area (Å²) in [5.74, 6) is 2.96. The Morgan fingerprint density at radius 3 is 2.25 bits per heavy atom. The number of anilines is 3. The number of amides is 1. The second kappa shape index (κ2) is 12.4. The predicted octanol–water partition coefficient (Wildman–Crippen LogP) is 4.06. The number of carbonyl (C=O) groups excluding carboxylic acids is 1. The Labute approximate surface area is 237 Å². The van der Waals surface area contributed by atoms with E-state index in [0.29, 0.717) is 97.1 Å². The SMILES string of the molecule is COc1cc(Nc2nc(C3=CCN(C(=O)c4ccc(Cl)cc4)CC3)nc(N3CCOCC3)n2)cc(OC)c1OC. The van der Waals surface area contributed by atoms with Gasteiger partial charge in [0.25, 0.3) is 5.91 Å². The van der Waals surface area contributed by atoms with Crippen molar-refractivity contribution in [2.75, 3.05) is 70.9 Å². The van der Waals surface area contributed by atoms with E-state index in [1.54, 1.807) is 62.6 Å². The zero-order valence-electron chi connectivity index (χ0n) is 22.6. The van der Waals surface area contributed by atoms with Crippen molar-refractivity contribution in [3.8, 4) is 17.2 Å². The highest BCUT2D eigenvalue weighted by molar-refractivity contribution is 6.30. The minimum Gasteiger partial charge on any atom is -0.493 e. The Kier molecular flexibility index (Phi) is 8.51. The molecule has 3 aromatic rings. The third kappa shape index (κ3) is 6.05. The third-order valence-electron chi connectivity index (χ3n) is 6.71. The van der Waals surface area contributed by atoms with Gasteiger partial charge in [0.15, 0.2) is 17.3 Å². The molecule has 0 atom stereocenters. The van der Waals surface area contributed by atoms with Gasteiger partial charge in [-0.2, -0.15) is 15.0 Å². The van der Waals surface area contributed by atoms with E-state index in [1.807, 2.05) is 6.08 Å². The van der Waals surface area contributed by atoms with Gasteiger partial charge in [-0.15, -0.1) is 0 Å². The number of hydrogen-bond donors (Lipinski definition) is 1. The number of carbonyl (C=O) groups is 1. The summed E-state index contributed by atoms with van der Waals surface area (Å²) in [6, 6.07) is 10.5. The van der Waals surface area contributed by atoms with Crippen molar-refractivity contribution in [1.82, 2.24) is 19.9 Å². The molecule has 0 radical (unpaired) electrons. The maximum absolute atomic E-state index is 13.0. The van der Waals surface area contributed by atoms with Gasteiger partial charge in [-0.1, -0.05) is 17.7 Å². The molecular weight excluding hydrogens is 536 g/mol. The van der Waals surface area contributed by atoms with Gasteiger partial charge in [-0.05, 0) is 36.3 Å². The number of halogens is 1. The van der Waals surface area contributed by atoms with Crippen molar-refractivity contribution >= 4 is 40.7 Å². The average Bonchev–Trinajstić information content (AvgIpc) is 3.01. The molecule has 2 aliphatic heterocycles. The van der Waals surface area contributed by atoms with Gasteiger partial charge in [-0.3, -0.25) is 4.79 Å². The fourth-order valence-corrected chi connectivity index (χ4v) is 4.71. The number of aromatic nitrogens is 3. The molecule has 2 aliphatic rings. The van der Waals surface area contributed by atoms with Crippen molar-refractivity contribution in [3.63, 3.8) is 0 Å². The number of rotatable bonds is 8. The van der Waals surface area contributed by atoms with Crippen molar-refractivity contribution in [1.29, 1.82) is 0 Å². The summed E-state index contributed by atoms with van der Waals surface area (Å²) in [6.45, 7) is 3.54. The highest BCUT2D eigenvalue weighted by Crippen LogP contribution is 2.40. The number of methoxy groups -OCH3 is 3.